The van der Waals surface area contributed by atoms with E-state index in [0.717, 1.165) is 5.56 Å². The molecule has 6 heteroatoms. The van der Waals surface area contributed by atoms with Crippen LogP contribution < -0.4 is 5.32 Å². The molecule has 0 unspecified atom stereocenters. The van der Waals surface area contributed by atoms with E-state index in [1.807, 2.05) is 50.2 Å². The van der Waals surface area contributed by atoms with Crippen LogP contribution in [-0.4, -0.2) is 16.1 Å². The predicted molar refractivity (Wildman–Crippen MR) is 107 cm³/mol. The summed E-state index contributed by atoms with van der Waals surface area (Å²) < 4.78 is 0. The lowest BCUT2D eigenvalue weighted by Gasteiger charge is -2.06. The molecule has 27 heavy (non-hydrogen) atoms. The number of carbonyl (C=O) groups is 1. The van der Waals surface area contributed by atoms with Crippen molar-refractivity contribution < 1.29 is 15.0 Å². The second-order valence-electron chi connectivity index (χ2n) is 5.12. The average molecular weight is 385 g/mol. The van der Waals surface area contributed by atoms with E-state index in [-0.39, 0.29) is 28.6 Å². The Labute approximate surface area is 163 Å². The number of hydrogen-bond acceptors (Lipinski definition) is 4. The Morgan fingerprint density at radius 1 is 1.15 bits per heavy atom. The Hall–Kier alpha value is -3.23. The van der Waals surface area contributed by atoms with E-state index >= 15 is 0 Å². The Kier molecular flexibility index (Phi) is 9.21. The third-order valence-corrected chi connectivity index (χ3v) is 3.46. The minimum absolute atomic E-state index is 0.0890. The van der Waals surface area contributed by atoms with Crippen LogP contribution >= 0.6 is 11.6 Å². The number of allylic oxidation sites excluding steroid dienone is 2. The monoisotopic (exact) mass is 384 g/mol. The van der Waals surface area contributed by atoms with Gasteiger partial charge in [-0.3, -0.25) is 4.79 Å². The summed E-state index contributed by atoms with van der Waals surface area (Å²) in [5, 5.41) is 30.6. The van der Waals surface area contributed by atoms with Crippen molar-refractivity contribution in [3.63, 3.8) is 0 Å². The Morgan fingerprint density at radius 3 is 2.41 bits per heavy atom. The number of nitriles is 1. The third-order valence-electron chi connectivity index (χ3n) is 3.24. The maximum Gasteiger partial charge on any atom is 0.262 e. The van der Waals surface area contributed by atoms with Gasteiger partial charge in [0.1, 0.15) is 11.6 Å². The number of benzene rings is 2. The molecular formula is C21H21ClN2O3. The van der Waals surface area contributed by atoms with Gasteiger partial charge in [0.25, 0.3) is 5.91 Å². The first-order valence-corrected chi connectivity index (χ1v) is 8.70. The molecule has 0 atom stereocenters. The van der Waals surface area contributed by atoms with Gasteiger partial charge in [-0.05, 0) is 35.4 Å². The topological polar surface area (TPSA) is 93.4 Å². The number of phenols is 2. The molecular weight excluding hydrogens is 364 g/mol. The first-order valence-electron chi connectivity index (χ1n) is 8.32. The molecule has 0 aliphatic rings. The van der Waals surface area contributed by atoms with Crippen LogP contribution in [0.2, 0.25) is 0 Å². The molecule has 2 aromatic carbocycles. The van der Waals surface area contributed by atoms with E-state index in [1.165, 1.54) is 18.2 Å². The van der Waals surface area contributed by atoms with Crippen LogP contribution in [0, 0.1) is 11.3 Å². The predicted octanol–water partition coefficient (Wildman–Crippen LogP) is 4.47. The van der Waals surface area contributed by atoms with Gasteiger partial charge >= 0.3 is 0 Å². The van der Waals surface area contributed by atoms with Crippen LogP contribution in [0.4, 0.5) is 0 Å². The lowest BCUT2D eigenvalue weighted by Crippen LogP contribution is -2.24. The van der Waals surface area contributed by atoms with Gasteiger partial charge in [-0.1, -0.05) is 61.8 Å². The summed E-state index contributed by atoms with van der Waals surface area (Å²) in [7, 11) is 0. The molecule has 0 aromatic heterocycles. The number of nitrogens with one attached hydrogen (secondary N) is 1. The van der Waals surface area contributed by atoms with Gasteiger partial charge in [0.2, 0.25) is 0 Å². The fourth-order valence-corrected chi connectivity index (χ4v) is 2.23. The first kappa shape index (κ1) is 21.8. The zero-order valence-electron chi connectivity index (χ0n) is 15.1. The molecule has 5 nitrogen and oxygen atoms in total. The number of rotatable bonds is 5. The van der Waals surface area contributed by atoms with Gasteiger partial charge in [0.05, 0.1) is 0 Å². The van der Waals surface area contributed by atoms with Crippen molar-refractivity contribution in [3.8, 4) is 17.6 Å². The Morgan fingerprint density at radius 2 is 1.81 bits per heavy atom. The van der Waals surface area contributed by atoms with Gasteiger partial charge in [-0.15, -0.1) is 0 Å². The molecule has 0 bridgehead atoms. The van der Waals surface area contributed by atoms with Crippen molar-refractivity contribution in [1.29, 1.82) is 5.26 Å². The quantitative estimate of drug-likeness (QED) is 0.307. The first-order chi connectivity index (χ1) is 13.0. The van der Waals surface area contributed by atoms with Gasteiger partial charge in [-0.25, -0.2) is 0 Å². The normalized spacial score (nSPS) is 11.0. The number of phenolic OH excluding ortho intramolecular Hbond substituents is 2. The van der Waals surface area contributed by atoms with E-state index in [9.17, 15) is 15.0 Å². The molecule has 2 rings (SSSR count). The van der Waals surface area contributed by atoms with E-state index in [1.54, 1.807) is 12.1 Å². The van der Waals surface area contributed by atoms with Crippen molar-refractivity contribution in [2.75, 3.05) is 0 Å². The molecule has 140 valence electrons. The zero-order valence-corrected chi connectivity index (χ0v) is 15.9. The highest BCUT2D eigenvalue weighted by molar-refractivity contribution is 6.33. The van der Waals surface area contributed by atoms with Crippen LogP contribution in [0.25, 0.3) is 6.08 Å². The minimum atomic E-state index is -0.588. The fraction of sp³-hybridized carbons (Fsp3) is 0.143. The Balaban J connectivity index is 0.00000176. The van der Waals surface area contributed by atoms with Gasteiger partial charge in [0.15, 0.2) is 11.5 Å². The van der Waals surface area contributed by atoms with Crippen molar-refractivity contribution in [3.05, 3.63) is 76.3 Å². The van der Waals surface area contributed by atoms with E-state index in [0.29, 0.717) is 5.56 Å². The molecule has 0 saturated heterocycles. The summed E-state index contributed by atoms with van der Waals surface area (Å²) in [6, 6.07) is 15.3. The van der Waals surface area contributed by atoms with Crippen LogP contribution in [0.3, 0.4) is 0 Å². The van der Waals surface area contributed by atoms with Crippen LogP contribution in [0.5, 0.6) is 11.5 Å². The maximum atomic E-state index is 12.1. The van der Waals surface area contributed by atoms with Gasteiger partial charge in [0, 0.05) is 11.6 Å². The molecule has 0 radical (unpaired) electrons. The highest BCUT2D eigenvalue weighted by Crippen LogP contribution is 2.24. The lowest BCUT2D eigenvalue weighted by atomic mass is 10.1. The number of aromatic hydroxyl groups is 2. The molecule has 0 heterocycles. The number of hydrogen-bond donors (Lipinski definition) is 3. The Bertz CT molecular complexity index is 869. The van der Waals surface area contributed by atoms with Crippen LogP contribution in [0.1, 0.15) is 25.0 Å². The summed E-state index contributed by atoms with van der Waals surface area (Å²) in [6.45, 7) is 4.09. The number of halogens is 1. The van der Waals surface area contributed by atoms with Gasteiger partial charge in [-0.2, -0.15) is 5.26 Å². The smallest absolute Gasteiger partial charge is 0.262 e. The maximum absolute atomic E-state index is 12.1. The van der Waals surface area contributed by atoms with Crippen molar-refractivity contribution in [1.82, 2.24) is 5.32 Å². The molecule has 0 fully saturated rings. The molecule has 2 aromatic rings. The van der Waals surface area contributed by atoms with E-state index in [2.05, 4.69) is 5.32 Å². The van der Waals surface area contributed by atoms with E-state index in [4.69, 9.17) is 16.9 Å². The van der Waals surface area contributed by atoms with Crippen molar-refractivity contribution in [2.45, 2.75) is 20.4 Å². The average Bonchev–Trinajstić information content (AvgIpc) is 2.69. The lowest BCUT2D eigenvalue weighted by molar-refractivity contribution is -0.117. The molecule has 0 aliphatic carbocycles. The molecule has 0 aliphatic heterocycles. The van der Waals surface area contributed by atoms with Crippen molar-refractivity contribution >= 4 is 23.6 Å². The summed E-state index contributed by atoms with van der Waals surface area (Å²) in [5.74, 6) is -1.11. The zero-order chi connectivity index (χ0) is 20.2. The van der Waals surface area contributed by atoms with Crippen molar-refractivity contribution in [2.24, 2.45) is 0 Å². The minimum Gasteiger partial charge on any atom is -0.504 e. The highest BCUT2D eigenvalue weighted by Gasteiger charge is 2.10. The largest absolute Gasteiger partial charge is 0.504 e. The van der Waals surface area contributed by atoms with E-state index < -0.39 is 5.91 Å². The number of amides is 1. The molecule has 0 spiro atoms. The van der Waals surface area contributed by atoms with Crippen LogP contribution in [-0.2, 0) is 11.3 Å². The number of nitrogens with zero attached hydrogens (tertiary/aromatic N) is 1. The second-order valence-corrected chi connectivity index (χ2v) is 5.55. The molecule has 0 saturated carbocycles. The summed E-state index contributed by atoms with van der Waals surface area (Å²) in [6.07, 6.45) is 2.93. The fourth-order valence-electron chi connectivity index (χ4n) is 1.99. The van der Waals surface area contributed by atoms with Crippen LogP contribution in [0.15, 0.2) is 65.2 Å². The SMILES string of the molecule is CC.N#C/C(=C\C(Cl)=C\c1ccccc1)C(=O)NCc1ccc(O)c(O)c1. The molecule has 1 amide bonds. The highest BCUT2D eigenvalue weighted by atomic mass is 35.5. The standard InChI is InChI=1S/C19H15ClN2O3.C2H6/c20-16(8-13-4-2-1-3-5-13)10-15(11-21)19(25)22-12-14-6-7-17(23)18(24)9-14;1-2/h1-10,23-24H,12H2,(H,22,25);1-2H3/b15-10+,16-8-;. The third kappa shape index (κ3) is 7.27. The van der Waals surface area contributed by atoms with Gasteiger partial charge < -0.3 is 15.5 Å². The second kappa shape index (κ2) is 11.4. The number of carbonyl (C=O) groups excluding carboxylic acids is 1. The molecule has 3 N–H and O–H groups in total. The summed E-state index contributed by atoms with van der Waals surface area (Å²) in [5.41, 5.74) is 1.29. The summed E-state index contributed by atoms with van der Waals surface area (Å²) >= 11 is 6.08. The summed E-state index contributed by atoms with van der Waals surface area (Å²) in [4.78, 5) is 12.1.